The molecular weight excluding hydrogens is 321 g/mol. The van der Waals surface area contributed by atoms with Crippen LogP contribution in [0.4, 0.5) is 11.4 Å². The zero-order valence-corrected chi connectivity index (χ0v) is 13.4. The molecule has 0 heterocycles. The van der Waals surface area contributed by atoms with Crippen molar-refractivity contribution in [1.29, 1.82) is 0 Å². The van der Waals surface area contributed by atoms with Crippen LogP contribution in [0.5, 0.6) is 0 Å². The van der Waals surface area contributed by atoms with Gasteiger partial charge in [0.05, 0.1) is 0 Å². The molecule has 4 N–H and O–H groups in total. The van der Waals surface area contributed by atoms with E-state index in [-0.39, 0.29) is 41.8 Å². The van der Waals surface area contributed by atoms with Crippen LogP contribution in [0.1, 0.15) is 11.1 Å². The van der Waals surface area contributed by atoms with Crippen molar-refractivity contribution < 1.29 is 19.5 Å². The molecule has 0 fully saturated rings. The Labute approximate surface area is 131 Å². The zero-order chi connectivity index (χ0) is 10.7. The fourth-order valence-corrected chi connectivity index (χ4v) is 1.38. The number of hydrogen-bond acceptors (Lipinski definition) is 2. The third kappa shape index (κ3) is 6.88. The van der Waals surface area contributed by atoms with Crippen LogP contribution in [0, 0.1) is 28.7 Å². The van der Waals surface area contributed by atoms with Crippen LogP contribution < -0.4 is 11.5 Å². The number of nitrogens with two attached hydrogens (primary N) is 2. The second-order valence-corrected chi connectivity index (χ2v) is 3.48. The number of rotatable bonds is 2. The summed E-state index contributed by atoms with van der Waals surface area (Å²) in [5.41, 5.74) is 15.0. The monoisotopic (exact) mass is 344 g/mol. The molecule has 0 saturated carbocycles. The van der Waals surface area contributed by atoms with Gasteiger partial charge in [-0.3, -0.25) is 0 Å². The molecule has 0 unspecified atom stereocenters. The standard InChI is InChI=1S/C13H13N2.3CH3.Ru/c14-12-5-1-10(2-6-12)9-11-3-7-13(15)8-4-11;;;;/h1-9H,14-15H2;3*1H3;/q4*-1;+4. The first-order chi connectivity index (χ1) is 7.24. The van der Waals surface area contributed by atoms with Crippen molar-refractivity contribution in [2.45, 2.75) is 0 Å². The van der Waals surface area contributed by atoms with Crippen molar-refractivity contribution in [2.75, 3.05) is 11.5 Å². The van der Waals surface area contributed by atoms with Gasteiger partial charge in [-0.1, -0.05) is 24.3 Å². The first kappa shape index (κ1) is 22.7. The molecule has 0 aliphatic heterocycles. The van der Waals surface area contributed by atoms with E-state index in [2.05, 4.69) is 6.42 Å². The van der Waals surface area contributed by atoms with E-state index in [4.69, 9.17) is 11.5 Å². The summed E-state index contributed by atoms with van der Waals surface area (Å²) >= 11 is 0. The molecule has 3 heteroatoms. The van der Waals surface area contributed by atoms with Crippen LogP contribution in [0.3, 0.4) is 0 Å². The maximum atomic E-state index is 5.61. The molecule has 2 nitrogen and oxygen atoms in total. The summed E-state index contributed by atoms with van der Waals surface area (Å²) < 4.78 is 0. The van der Waals surface area contributed by atoms with Gasteiger partial charge in [-0.05, 0) is 0 Å². The predicted molar refractivity (Wildman–Crippen MR) is 83.5 cm³/mol. The summed E-state index contributed by atoms with van der Waals surface area (Å²) in [6.45, 7) is 0. The molecular formula is C16H22N2Ru. The molecule has 104 valence electrons. The van der Waals surface area contributed by atoms with Gasteiger partial charge in [0.1, 0.15) is 0 Å². The van der Waals surface area contributed by atoms with E-state index in [0.29, 0.717) is 0 Å². The Bertz CT molecular complexity index is 392. The van der Waals surface area contributed by atoms with Crippen molar-refractivity contribution in [2.24, 2.45) is 0 Å². The Morgan fingerprint density at radius 1 is 0.579 bits per heavy atom. The minimum atomic E-state index is 0. The van der Waals surface area contributed by atoms with E-state index in [1.165, 1.54) is 0 Å². The smallest absolute Gasteiger partial charge is 0.400 e. The first-order valence-corrected chi connectivity index (χ1v) is 4.80. The normalized spacial score (nSPS) is 7.79. The first-order valence-electron chi connectivity index (χ1n) is 4.80. The number of hydrogen-bond donors (Lipinski definition) is 2. The van der Waals surface area contributed by atoms with Gasteiger partial charge in [0, 0.05) is 11.4 Å². The van der Waals surface area contributed by atoms with Crippen molar-refractivity contribution in [3.8, 4) is 0 Å². The molecule has 2 rings (SSSR count). The Morgan fingerprint density at radius 3 is 1.11 bits per heavy atom. The minimum Gasteiger partial charge on any atom is -0.400 e. The molecule has 0 amide bonds. The molecule has 0 bridgehead atoms. The number of anilines is 2. The molecule has 0 aromatic heterocycles. The van der Waals surface area contributed by atoms with Crippen LogP contribution >= 0.6 is 0 Å². The zero-order valence-electron chi connectivity index (χ0n) is 11.7. The Hall–Kier alpha value is -1.47. The fourth-order valence-electron chi connectivity index (χ4n) is 1.38. The number of nitrogen functional groups attached to an aromatic ring is 2. The van der Waals surface area contributed by atoms with E-state index in [1.54, 1.807) is 0 Å². The molecule has 0 radical (unpaired) electrons. The SMILES string of the molecule is Nc1ccc([CH-]c2ccc(N)cc2)cc1.[CH3-].[CH3-].[CH3-].[Ru+4]. The Balaban J connectivity index is -0.000000640. The third-order valence-electron chi connectivity index (χ3n) is 2.21. The molecule has 0 aliphatic carbocycles. The molecule has 0 saturated heterocycles. The van der Waals surface area contributed by atoms with Crippen LogP contribution in [-0.2, 0) is 19.5 Å². The molecule has 2 aromatic carbocycles. The second kappa shape index (κ2) is 10.5. The predicted octanol–water partition coefficient (Wildman–Crippen LogP) is 3.80. The summed E-state index contributed by atoms with van der Waals surface area (Å²) in [6.07, 6.45) is 2.08. The largest absolute Gasteiger partial charge is 4.00 e. The van der Waals surface area contributed by atoms with Crippen LogP contribution in [-0.4, -0.2) is 0 Å². The maximum Gasteiger partial charge on any atom is 4.00 e. The Morgan fingerprint density at radius 2 is 0.842 bits per heavy atom. The van der Waals surface area contributed by atoms with E-state index < -0.39 is 0 Å². The van der Waals surface area contributed by atoms with E-state index in [9.17, 15) is 0 Å². The van der Waals surface area contributed by atoms with Gasteiger partial charge in [0.15, 0.2) is 0 Å². The average molecular weight is 343 g/mol. The van der Waals surface area contributed by atoms with Gasteiger partial charge in [-0.2, -0.15) is 0 Å². The molecule has 2 aromatic rings. The van der Waals surface area contributed by atoms with Gasteiger partial charge in [-0.15, -0.1) is 41.8 Å². The Kier molecular flexibility index (Phi) is 12.5. The van der Waals surface area contributed by atoms with Gasteiger partial charge in [0.2, 0.25) is 0 Å². The minimum absolute atomic E-state index is 0. The van der Waals surface area contributed by atoms with Crippen LogP contribution in [0.2, 0.25) is 0 Å². The van der Waals surface area contributed by atoms with Gasteiger partial charge in [-0.25, -0.2) is 0 Å². The summed E-state index contributed by atoms with van der Waals surface area (Å²) in [7, 11) is 0. The summed E-state index contributed by atoms with van der Waals surface area (Å²) in [4.78, 5) is 0. The van der Waals surface area contributed by atoms with Crippen LogP contribution in [0.15, 0.2) is 48.5 Å². The van der Waals surface area contributed by atoms with Gasteiger partial charge in [0.25, 0.3) is 0 Å². The fraction of sp³-hybridized carbons (Fsp3) is 0. The van der Waals surface area contributed by atoms with E-state index in [0.717, 1.165) is 22.5 Å². The van der Waals surface area contributed by atoms with Gasteiger partial charge < -0.3 is 33.7 Å². The second-order valence-electron chi connectivity index (χ2n) is 3.48. The number of benzene rings is 2. The summed E-state index contributed by atoms with van der Waals surface area (Å²) in [6, 6.07) is 15.5. The quantitative estimate of drug-likeness (QED) is 0.495. The van der Waals surface area contributed by atoms with E-state index in [1.807, 2.05) is 48.5 Å². The topological polar surface area (TPSA) is 52.0 Å². The third-order valence-corrected chi connectivity index (χ3v) is 2.21. The summed E-state index contributed by atoms with van der Waals surface area (Å²) in [5.74, 6) is 0. The van der Waals surface area contributed by atoms with Crippen LogP contribution in [0.25, 0.3) is 0 Å². The average Bonchev–Trinajstić information content (AvgIpc) is 2.25. The molecule has 0 atom stereocenters. The molecule has 19 heavy (non-hydrogen) atoms. The van der Waals surface area contributed by atoms with Crippen molar-refractivity contribution in [3.63, 3.8) is 0 Å². The van der Waals surface area contributed by atoms with Gasteiger partial charge >= 0.3 is 19.5 Å². The van der Waals surface area contributed by atoms with Crippen molar-refractivity contribution in [3.05, 3.63) is 88.4 Å². The van der Waals surface area contributed by atoms with Crippen molar-refractivity contribution in [1.82, 2.24) is 0 Å². The van der Waals surface area contributed by atoms with Crippen molar-refractivity contribution >= 4 is 11.4 Å². The molecule has 0 aliphatic rings. The van der Waals surface area contributed by atoms with E-state index >= 15 is 0 Å². The maximum absolute atomic E-state index is 5.61. The summed E-state index contributed by atoms with van der Waals surface area (Å²) in [5, 5.41) is 0. The molecule has 0 spiro atoms.